The van der Waals surface area contributed by atoms with Gasteiger partial charge in [-0.2, -0.15) is 0 Å². The van der Waals surface area contributed by atoms with Crippen LogP contribution in [0.25, 0.3) is 0 Å². The monoisotopic (exact) mass is 176 g/mol. The van der Waals surface area contributed by atoms with Crippen molar-refractivity contribution in [3.63, 3.8) is 0 Å². The van der Waals surface area contributed by atoms with Gasteiger partial charge in [-0.05, 0) is 37.0 Å². The maximum atomic E-state index is 10.9. The van der Waals surface area contributed by atoms with Crippen LogP contribution in [0.3, 0.4) is 0 Å². The lowest BCUT2D eigenvalue weighted by atomic mass is 10.0. The molecule has 0 bridgehead atoms. The van der Waals surface area contributed by atoms with Gasteiger partial charge in [0.2, 0.25) is 0 Å². The van der Waals surface area contributed by atoms with Crippen LogP contribution in [0, 0.1) is 6.92 Å². The van der Waals surface area contributed by atoms with Crippen molar-refractivity contribution in [3.8, 4) is 0 Å². The van der Waals surface area contributed by atoms with Crippen molar-refractivity contribution in [2.75, 3.05) is 0 Å². The fourth-order valence-electron chi connectivity index (χ4n) is 1.44. The molecule has 0 aliphatic rings. The molecule has 0 aliphatic heterocycles. The molecule has 0 N–H and O–H groups in total. The van der Waals surface area contributed by atoms with Crippen LogP contribution in [-0.2, 0) is 17.6 Å². The van der Waals surface area contributed by atoms with E-state index in [1.165, 1.54) is 11.1 Å². The van der Waals surface area contributed by atoms with Crippen molar-refractivity contribution in [2.45, 2.75) is 33.6 Å². The predicted molar refractivity (Wildman–Crippen MR) is 54.9 cm³/mol. The van der Waals surface area contributed by atoms with Crippen molar-refractivity contribution < 1.29 is 4.79 Å². The molecule has 0 spiro atoms. The molecule has 1 heteroatoms. The molecule has 0 fully saturated rings. The first-order chi connectivity index (χ1) is 6.13. The standard InChI is InChI=1S/C12H16O/c1-4-11-5-6-12(8-10(3)13)9(2)7-11/h5-7H,4,8H2,1-3H3. The number of hydrogen-bond donors (Lipinski definition) is 0. The van der Waals surface area contributed by atoms with Crippen LogP contribution in [0.1, 0.15) is 30.5 Å². The van der Waals surface area contributed by atoms with E-state index in [1.807, 2.05) is 0 Å². The quantitative estimate of drug-likeness (QED) is 0.692. The Morgan fingerprint density at radius 3 is 2.54 bits per heavy atom. The Hall–Kier alpha value is -1.11. The molecule has 1 rings (SSSR count). The maximum absolute atomic E-state index is 10.9. The molecular formula is C12H16O. The van der Waals surface area contributed by atoms with E-state index in [2.05, 4.69) is 32.0 Å². The lowest BCUT2D eigenvalue weighted by Crippen LogP contribution is -1.99. The Bertz CT molecular complexity index is 313. The van der Waals surface area contributed by atoms with E-state index in [0.29, 0.717) is 6.42 Å². The fraction of sp³-hybridized carbons (Fsp3) is 0.417. The third kappa shape index (κ3) is 2.69. The second-order valence-corrected chi connectivity index (χ2v) is 3.49. The molecule has 0 heterocycles. The second-order valence-electron chi connectivity index (χ2n) is 3.49. The van der Waals surface area contributed by atoms with Crippen LogP contribution in [-0.4, -0.2) is 5.78 Å². The third-order valence-corrected chi connectivity index (χ3v) is 2.25. The van der Waals surface area contributed by atoms with Crippen molar-refractivity contribution in [1.82, 2.24) is 0 Å². The van der Waals surface area contributed by atoms with Crippen LogP contribution >= 0.6 is 0 Å². The Morgan fingerprint density at radius 1 is 1.38 bits per heavy atom. The van der Waals surface area contributed by atoms with Crippen LogP contribution < -0.4 is 0 Å². The minimum absolute atomic E-state index is 0.229. The number of hydrogen-bond acceptors (Lipinski definition) is 1. The highest BCUT2D eigenvalue weighted by molar-refractivity contribution is 5.78. The Labute approximate surface area is 79.8 Å². The van der Waals surface area contributed by atoms with Gasteiger partial charge in [0.25, 0.3) is 0 Å². The van der Waals surface area contributed by atoms with Crippen LogP contribution in [0.4, 0.5) is 0 Å². The smallest absolute Gasteiger partial charge is 0.134 e. The molecular weight excluding hydrogens is 160 g/mol. The predicted octanol–water partition coefficient (Wildman–Crippen LogP) is 2.69. The normalized spacial score (nSPS) is 10.1. The highest BCUT2D eigenvalue weighted by Crippen LogP contribution is 2.12. The topological polar surface area (TPSA) is 17.1 Å². The Balaban J connectivity index is 2.91. The average Bonchev–Trinajstić information content (AvgIpc) is 2.08. The molecule has 0 atom stereocenters. The van der Waals surface area contributed by atoms with E-state index in [4.69, 9.17) is 0 Å². The summed E-state index contributed by atoms with van der Waals surface area (Å²) < 4.78 is 0. The van der Waals surface area contributed by atoms with E-state index in [-0.39, 0.29) is 5.78 Å². The zero-order valence-electron chi connectivity index (χ0n) is 8.55. The van der Waals surface area contributed by atoms with Gasteiger partial charge in [0.1, 0.15) is 5.78 Å². The summed E-state index contributed by atoms with van der Waals surface area (Å²) in [6, 6.07) is 6.33. The summed E-state index contributed by atoms with van der Waals surface area (Å²) in [4.78, 5) is 10.9. The summed E-state index contributed by atoms with van der Waals surface area (Å²) in [5.74, 6) is 0.229. The molecule has 13 heavy (non-hydrogen) atoms. The first-order valence-electron chi connectivity index (χ1n) is 4.71. The van der Waals surface area contributed by atoms with Gasteiger partial charge in [-0.15, -0.1) is 0 Å². The van der Waals surface area contributed by atoms with E-state index >= 15 is 0 Å². The summed E-state index contributed by atoms with van der Waals surface area (Å²) >= 11 is 0. The van der Waals surface area contributed by atoms with Crippen molar-refractivity contribution >= 4 is 5.78 Å². The van der Waals surface area contributed by atoms with E-state index in [9.17, 15) is 4.79 Å². The molecule has 0 unspecified atom stereocenters. The zero-order chi connectivity index (χ0) is 9.84. The molecule has 0 aliphatic carbocycles. The lowest BCUT2D eigenvalue weighted by Gasteiger charge is -2.05. The molecule has 70 valence electrons. The van der Waals surface area contributed by atoms with Crippen molar-refractivity contribution in [3.05, 3.63) is 34.9 Å². The number of Topliss-reactive ketones (excluding diaryl/α,β-unsaturated/α-hetero) is 1. The molecule has 1 aromatic rings. The largest absolute Gasteiger partial charge is 0.300 e. The molecule has 0 saturated carbocycles. The van der Waals surface area contributed by atoms with Crippen molar-refractivity contribution in [1.29, 1.82) is 0 Å². The minimum Gasteiger partial charge on any atom is -0.300 e. The van der Waals surface area contributed by atoms with Gasteiger partial charge in [-0.1, -0.05) is 25.1 Å². The average molecular weight is 176 g/mol. The van der Waals surface area contributed by atoms with Crippen LogP contribution in [0.2, 0.25) is 0 Å². The summed E-state index contributed by atoms with van der Waals surface area (Å²) in [5.41, 5.74) is 3.73. The van der Waals surface area contributed by atoms with E-state index < -0.39 is 0 Å². The highest BCUT2D eigenvalue weighted by Gasteiger charge is 2.01. The summed E-state index contributed by atoms with van der Waals surface area (Å²) in [6.07, 6.45) is 1.62. The molecule has 0 radical (unpaired) electrons. The molecule has 1 aromatic carbocycles. The molecule has 0 aromatic heterocycles. The van der Waals surface area contributed by atoms with Gasteiger partial charge < -0.3 is 0 Å². The van der Waals surface area contributed by atoms with Gasteiger partial charge in [-0.3, -0.25) is 4.79 Å². The molecule has 0 saturated heterocycles. The zero-order valence-corrected chi connectivity index (χ0v) is 8.55. The first-order valence-corrected chi connectivity index (χ1v) is 4.71. The van der Waals surface area contributed by atoms with Gasteiger partial charge in [0.05, 0.1) is 0 Å². The Kier molecular flexibility index (Phi) is 3.24. The first kappa shape index (κ1) is 9.97. The molecule has 0 amide bonds. The highest BCUT2D eigenvalue weighted by atomic mass is 16.1. The minimum atomic E-state index is 0.229. The number of aryl methyl sites for hydroxylation is 2. The summed E-state index contributed by atoms with van der Waals surface area (Å²) in [5, 5.41) is 0. The molecule has 1 nitrogen and oxygen atoms in total. The van der Waals surface area contributed by atoms with Gasteiger partial charge in [0.15, 0.2) is 0 Å². The van der Waals surface area contributed by atoms with E-state index in [1.54, 1.807) is 6.92 Å². The number of ketones is 1. The van der Waals surface area contributed by atoms with Gasteiger partial charge in [0, 0.05) is 6.42 Å². The number of rotatable bonds is 3. The fourth-order valence-corrected chi connectivity index (χ4v) is 1.44. The Morgan fingerprint density at radius 2 is 2.08 bits per heavy atom. The van der Waals surface area contributed by atoms with Crippen LogP contribution in [0.15, 0.2) is 18.2 Å². The van der Waals surface area contributed by atoms with Crippen LogP contribution in [0.5, 0.6) is 0 Å². The SMILES string of the molecule is CCc1ccc(CC(C)=O)c(C)c1. The third-order valence-electron chi connectivity index (χ3n) is 2.25. The number of carbonyl (C=O) groups excluding carboxylic acids is 1. The summed E-state index contributed by atoms with van der Waals surface area (Å²) in [7, 11) is 0. The number of carbonyl (C=O) groups is 1. The van der Waals surface area contributed by atoms with Gasteiger partial charge in [-0.25, -0.2) is 0 Å². The lowest BCUT2D eigenvalue weighted by molar-refractivity contribution is -0.116. The van der Waals surface area contributed by atoms with E-state index in [0.717, 1.165) is 12.0 Å². The number of benzene rings is 1. The maximum Gasteiger partial charge on any atom is 0.134 e. The second kappa shape index (κ2) is 4.22. The van der Waals surface area contributed by atoms with Gasteiger partial charge >= 0.3 is 0 Å². The van der Waals surface area contributed by atoms with Crippen molar-refractivity contribution in [2.24, 2.45) is 0 Å². The summed E-state index contributed by atoms with van der Waals surface area (Å²) in [6.45, 7) is 5.84.